The molecular weight excluding hydrogens is 279 g/mol. The SMILES string of the molecule is NCc1cc(-c2c(Cl)cccc2Br)no1. The number of hydrogen-bond acceptors (Lipinski definition) is 3. The molecule has 0 bridgehead atoms. The number of nitrogens with two attached hydrogens (primary N) is 1. The average molecular weight is 288 g/mol. The molecule has 0 aliphatic rings. The Morgan fingerprint density at radius 1 is 1.47 bits per heavy atom. The molecule has 1 aromatic heterocycles. The van der Waals surface area contributed by atoms with Crippen LogP contribution in [-0.2, 0) is 6.54 Å². The predicted octanol–water partition coefficient (Wildman–Crippen LogP) is 3.22. The Hall–Kier alpha value is -0.840. The van der Waals surface area contributed by atoms with Crippen molar-refractivity contribution < 1.29 is 4.52 Å². The molecule has 0 fully saturated rings. The van der Waals surface area contributed by atoms with Gasteiger partial charge in [0, 0.05) is 16.1 Å². The third-order valence-corrected chi connectivity index (χ3v) is 2.95. The number of nitrogens with zero attached hydrogens (tertiary/aromatic N) is 1. The van der Waals surface area contributed by atoms with E-state index in [2.05, 4.69) is 21.1 Å². The van der Waals surface area contributed by atoms with E-state index in [0.717, 1.165) is 10.0 Å². The Morgan fingerprint density at radius 2 is 2.27 bits per heavy atom. The maximum Gasteiger partial charge on any atom is 0.150 e. The summed E-state index contributed by atoms with van der Waals surface area (Å²) in [5.74, 6) is 0.636. The molecule has 2 rings (SSSR count). The molecule has 0 saturated heterocycles. The first kappa shape index (κ1) is 10.7. The van der Waals surface area contributed by atoms with Crippen LogP contribution in [0.1, 0.15) is 5.76 Å². The van der Waals surface area contributed by atoms with Crippen LogP contribution in [0.25, 0.3) is 11.3 Å². The van der Waals surface area contributed by atoms with E-state index in [0.29, 0.717) is 23.0 Å². The van der Waals surface area contributed by atoms with E-state index in [1.54, 1.807) is 12.1 Å². The molecular formula is C10H8BrClN2O. The number of hydrogen-bond donors (Lipinski definition) is 1. The van der Waals surface area contributed by atoms with Crippen molar-refractivity contribution in [3.8, 4) is 11.3 Å². The summed E-state index contributed by atoms with van der Waals surface area (Å²) in [6, 6.07) is 7.35. The number of aromatic nitrogens is 1. The molecule has 78 valence electrons. The van der Waals surface area contributed by atoms with Crippen LogP contribution in [0.4, 0.5) is 0 Å². The molecule has 0 aliphatic heterocycles. The van der Waals surface area contributed by atoms with Crippen LogP contribution >= 0.6 is 27.5 Å². The first-order valence-corrected chi connectivity index (χ1v) is 5.49. The van der Waals surface area contributed by atoms with Gasteiger partial charge in [-0.15, -0.1) is 0 Å². The Balaban J connectivity index is 2.53. The largest absolute Gasteiger partial charge is 0.359 e. The lowest BCUT2D eigenvalue weighted by Crippen LogP contribution is -1.92. The summed E-state index contributed by atoms with van der Waals surface area (Å²) < 4.78 is 5.91. The third-order valence-electron chi connectivity index (χ3n) is 1.98. The Labute approximate surface area is 100 Å². The minimum absolute atomic E-state index is 0.328. The van der Waals surface area contributed by atoms with Crippen molar-refractivity contribution >= 4 is 27.5 Å². The van der Waals surface area contributed by atoms with Gasteiger partial charge in [-0.1, -0.05) is 38.8 Å². The fourth-order valence-electron chi connectivity index (χ4n) is 1.27. The van der Waals surface area contributed by atoms with Crippen molar-refractivity contribution in [3.63, 3.8) is 0 Å². The summed E-state index contributed by atoms with van der Waals surface area (Å²) in [5.41, 5.74) is 6.95. The van der Waals surface area contributed by atoms with Gasteiger partial charge in [0.05, 0.1) is 11.6 Å². The van der Waals surface area contributed by atoms with Crippen LogP contribution in [0.5, 0.6) is 0 Å². The van der Waals surface area contributed by atoms with Gasteiger partial charge in [0.25, 0.3) is 0 Å². The highest BCUT2D eigenvalue weighted by atomic mass is 79.9. The lowest BCUT2D eigenvalue weighted by Gasteiger charge is -2.01. The highest BCUT2D eigenvalue weighted by Gasteiger charge is 2.12. The van der Waals surface area contributed by atoms with E-state index in [4.69, 9.17) is 21.9 Å². The quantitative estimate of drug-likeness (QED) is 0.922. The molecule has 2 N–H and O–H groups in total. The zero-order valence-electron chi connectivity index (χ0n) is 7.71. The lowest BCUT2D eigenvalue weighted by molar-refractivity contribution is 0.387. The second-order valence-electron chi connectivity index (χ2n) is 2.98. The van der Waals surface area contributed by atoms with Crippen LogP contribution in [0.3, 0.4) is 0 Å². The molecule has 1 heterocycles. The maximum absolute atomic E-state index is 6.07. The molecule has 15 heavy (non-hydrogen) atoms. The summed E-state index contributed by atoms with van der Waals surface area (Å²) in [6.07, 6.45) is 0. The van der Waals surface area contributed by atoms with Gasteiger partial charge < -0.3 is 10.3 Å². The van der Waals surface area contributed by atoms with Crippen molar-refractivity contribution in [2.45, 2.75) is 6.54 Å². The summed E-state index contributed by atoms with van der Waals surface area (Å²) in [6.45, 7) is 0.328. The molecule has 0 atom stereocenters. The zero-order valence-corrected chi connectivity index (χ0v) is 10.0. The van der Waals surface area contributed by atoms with Gasteiger partial charge in [0.1, 0.15) is 5.69 Å². The minimum Gasteiger partial charge on any atom is -0.359 e. The Morgan fingerprint density at radius 3 is 2.87 bits per heavy atom. The maximum atomic E-state index is 6.07. The van der Waals surface area contributed by atoms with E-state index in [9.17, 15) is 0 Å². The van der Waals surface area contributed by atoms with Gasteiger partial charge in [-0.2, -0.15) is 0 Å². The average Bonchev–Trinajstić information content (AvgIpc) is 2.66. The summed E-state index contributed by atoms with van der Waals surface area (Å²) in [4.78, 5) is 0. The smallest absolute Gasteiger partial charge is 0.150 e. The van der Waals surface area contributed by atoms with Crippen LogP contribution in [-0.4, -0.2) is 5.16 Å². The summed E-state index contributed by atoms with van der Waals surface area (Å²) in [5, 5.41) is 4.54. The Bertz CT molecular complexity index is 464. The van der Waals surface area contributed by atoms with Crippen LogP contribution in [0, 0.1) is 0 Å². The van der Waals surface area contributed by atoms with Crippen molar-refractivity contribution in [2.75, 3.05) is 0 Å². The molecule has 0 spiro atoms. The van der Waals surface area contributed by atoms with E-state index in [1.165, 1.54) is 0 Å². The van der Waals surface area contributed by atoms with Gasteiger partial charge in [0.2, 0.25) is 0 Å². The normalized spacial score (nSPS) is 10.6. The fraction of sp³-hybridized carbons (Fsp3) is 0.100. The van der Waals surface area contributed by atoms with Crippen LogP contribution < -0.4 is 5.73 Å². The second-order valence-corrected chi connectivity index (χ2v) is 4.24. The number of halogens is 2. The molecule has 0 aliphatic carbocycles. The number of benzene rings is 1. The number of rotatable bonds is 2. The predicted molar refractivity (Wildman–Crippen MR) is 62.5 cm³/mol. The molecule has 0 saturated carbocycles. The molecule has 0 amide bonds. The third kappa shape index (κ3) is 2.07. The van der Waals surface area contributed by atoms with Crippen LogP contribution in [0.2, 0.25) is 5.02 Å². The molecule has 1 aromatic carbocycles. The van der Waals surface area contributed by atoms with Crippen LogP contribution in [0.15, 0.2) is 33.3 Å². The Kier molecular flexibility index (Phi) is 3.09. The van der Waals surface area contributed by atoms with Gasteiger partial charge in [-0.05, 0) is 12.1 Å². The monoisotopic (exact) mass is 286 g/mol. The first-order valence-electron chi connectivity index (χ1n) is 4.32. The van der Waals surface area contributed by atoms with E-state index < -0.39 is 0 Å². The van der Waals surface area contributed by atoms with Crippen molar-refractivity contribution in [1.29, 1.82) is 0 Å². The van der Waals surface area contributed by atoms with Crippen molar-refractivity contribution in [3.05, 3.63) is 39.5 Å². The first-order chi connectivity index (χ1) is 7.22. The van der Waals surface area contributed by atoms with Crippen molar-refractivity contribution in [2.24, 2.45) is 5.73 Å². The molecule has 0 radical (unpaired) electrons. The zero-order chi connectivity index (χ0) is 10.8. The van der Waals surface area contributed by atoms with Crippen molar-refractivity contribution in [1.82, 2.24) is 5.16 Å². The van der Waals surface area contributed by atoms with E-state index >= 15 is 0 Å². The molecule has 0 unspecified atom stereocenters. The fourth-order valence-corrected chi connectivity index (χ4v) is 2.22. The minimum atomic E-state index is 0.328. The topological polar surface area (TPSA) is 52.0 Å². The van der Waals surface area contributed by atoms with Gasteiger partial charge >= 0.3 is 0 Å². The van der Waals surface area contributed by atoms with Gasteiger partial charge in [-0.3, -0.25) is 0 Å². The van der Waals surface area contributed by atoms with E-state index in [1.807, 2.05) is 12.1 Å². The molecule has 3 nitrogen and oxygen atoms in total. The standard InChI is InChI=1S/C10H8BrClN2O/c11-7-2-1-3-8(12)10(7)9-4-6(5-13)15-14-9/h1-4H,5,13H2. The van der Waals surface area contributed by atoms with Gasteiger partial charge in [-0.25, -0.2) is 0 Å². The summed E-state index contributed by atoms with van der Waals surface area (Å²) >= 11 is 9.49. The van der Waals surface area contributed by atoms with Gasteiger partial charge in [0.15, 0.2) is 5.76 Å². The lowest BCUT2D eigenvalue weighted by atomic mass is 10.1. The second kappa shape index (κ2) is 4.35. The highest BCUT2D eigenvalue weighted by Crippen LogP contribution is 2.34. The summed E-state index contributed by atoms with van der Waals surface area (Å²) in [7, 11) is 0. The highest BCUT2D eigenvalue weighted by molar-refractivity contribution is 9.10. The molecule has 2 aromatic rings. The van der Waals surface area contributed by atoms with E-state index in [-0.39, 0.29) is 0 Å². The molecule has 5 heteroatoms.